The second kappa shape index (κ2) is 8.20. The van der Waals surface area contributed by atoms with Crippen LogP contribution < -0.4 is 5.56 Å². The highest BCUT2D eigenvalue weighted by molar-refractivity contribution is 5.69. The smallest absolute Gasteiger partial charge is 0.276 e. The minimum Gasteiger partial charge on any atom is -0.276 e. The Morgan fingerprint density at radius 1 is 0.812 bits per heavy atom. The fraction of sp³-hybridized carbons (Fsp3) is 0.0769. The van der Waals surface area contributed by atoms with E-state index in [-0.39, 0.29) is 5.69 Å². The summed E-state index contributed by atoms with van der Waals surface area (Å²) >= 11 is 0. The van der Waals surface area contributed by atoms with E-state index in [1.54, 1.807) is 36.4 Å². The number of pyridine rings is 1. The van der Waals surface area contributed by atoms with Gasteiger partial charge in [0.15, 0.2) is 0 Å². The molecule has 0 radical (unpaired) electrons. The van der Waals surface area contributed by atoms with Crippen molar-refractivity contribution in [1.82, 2.24) is 4.57 Å². The van der Waals surface area contributed by atoms with Crippen LogP contribution in [0.5, 0.6) is 0 Å². The molecule has 0 saturated heterocycles. The number of hydrogen-bond donors (Lipinski definition) is 0. The number of nitrogens with zero attached hydrogens (tertiary/aromatic N) is 2. The van der Waals surface area contributed by atoms with E-state index in [1.165, 1.54) is 10.6 Å². The van der Waals surface area contributed by atoms with Crippen LogP contribution in [0.3, 0.4) is 0 Å². The Hall–Kier alpha value is -4.11. The fourth-order valence-electron chi connectivity index (χ4n) is 3.67. The Labute approximate surface area is 182 Å². The van der Waals surface area contributed by atoms with Crippen LogP contribution in [0.2, 0.25) is 0 Å². The third kappa shape index (κ3) is 3.93. The molecule has 0 saturated carbocycles. The van der Waals surface area contributed by atoms with Gasteiger partial charge in [-0.1, -0.05) is 66.2 Å². The van der Waals surface area contributed by atoms with Gasteiger partial charge in [-0.25, -0.2) is 0 Å². The predicted molar refractivity (Wildman–Crippen MR) is 117 cm³/mol. The summed E-state index contributed by atoms with van der Waals surface area (Å²) in [6, 6.07) is 25.6. The molecule has 0 unspecified atom stereocenters. The number of hydrogen-bond acceptors (Lipinski definition) is 2. The van der Waals surface area contributed by atoms with Gasteiger partial charge in [-0.05, 0) is 47.9 Å². The number of nitriles is 1. The molecule has 4 rings (SSSR count). The molecule has 0 spiro atoms. The van der Waals surface area contributed by atoms with Crippen molar-refractivity contribution in [1.29, 1.82) is 5.26 Å². The summed E-state index contributed by atoms with van der Waals surface area (Å²) in [4.78, 5) is 13.2. The molecule has 4 aromatic rings. The summed E-state index contributed by atoms with van der Waals surface area (Å²) < 4.78 is 42.3. The van der Waals surface area contributed by atoms with Gasteiger partial charge in [0.25, 0.3) is 5.56 Å². The number of aromatic nitrogens is 1. The van der Waals surface area contributed by atoms with Crippen LogP contribution in [-0.4, -0.2) is 4.57 Å². The first kappa shape index (κ1) is 21.1. The van der Waals surface area contributed by atoms with E-state index >= 15 is 0 Å². The average Bonchev–Trinajstić information content (AvgIpc) is 2.78. The largest absolute Gasteiger partial charge is 0.417 e. The molecule has 6 heteroatoms. The standard InChI is InChI=1S/C26H17F3N2O/c1-17-7-5-11-20(13-17)24-15-23(26(27,28)29)22(16-30)25(32)31(24)21-12-6-10-19(14-21)18-8-3-2-4-9-18/h2-15H,1H3. The molecule has 0 atom stereocenters. The molecule has 3 nitrogen and oxygen atoms in total. The van der Waals surface area contributed by atoms with Gasteiger partial charge >= 0.3 is 6.18 Å². The third-order valence-electron chi connectivity index (χ3n) is 5.15. The zero-order chi connectivity index (χ0) is 22.9. The lowest BCUT2D eigenvalue weighted by Gasteiger charge is -2.18. The Kier molecular flexibility index (Phi) is 5.41. The van der Waals surface area contributed by atoms with E-state index in [0.717, 1.165) is 22.8 Å². The van der Waals surface area contributed by atoms with Crippen LogP contribution in [0, 0.1) is 18.3 Å². The summed E-state index contributed by atoms with van der Waals surface area (Å²) in [5.74, 6) is 0. The molecule has 3 aromatic carbocycles. The van der Waals surface area contributed by atoms with Crippen molar-refractivity contribution in [2.45, 2.75) is 13.1 Å². The quantitative estimate of drug-likeness (QED) is 0.379. The fourth-order valence-corrected chi connectivity index (χ4v) is 3.67. The molecule has 0 aliphatic heterocycles. The topological polar surface area (TPSA) is 45.8 Å². The number of aryl methyl sites for hydroxylation is 1. The molecule has 0 N–H and O–H groups in total. The molecule has 0 aliphatic carbocycles. The van der Waals surface area contributed by atoms with E-state index in [9.17, 15) is 23.2 Å². The van der Waals surface area contributed by atoms with Gasteiger partial charge < -0.3 is 0 Å². The van der Waals surface area contributed by atoms with Crippen LogP contribution in [-0.2, 0) is 6.18 Å². The Balaban J connectivity index is 2.06. The van der Waals surface area contributed by atoms with Gasteiger partial charge in [-0.15, -0.1) is 0 Å². The lowest BCUT2D eigenvalue weighted by molar-refractivity contribution is -0.137. The SMILES string of the molecule is Cc1cccc(-c2cc(C(F)(F)F)c(C#N)c(=O)n2-c2cccc(-c3ccccc3)c2)c1. The van der Waals surface area contributed by atoms with Crippen molar-refractivity contribution in [2.24, 2.45) is 0 Å². The Morgan fingerprint density at radius 3 is 2.12 bits per heavy atom. The van der Waals surface area contributed by atoms with Gasteiger partial charge in [-0.2, -0.15) is 18.4 Å². The second-order valence-electron chi connectivity index (χ2n) is 7.35. The highest BCUT2D eigenvalue weighted by Crippen LogP contribution is 2.35. The van der Waals surface area contributed by atoms with Crippen LogP contribution >= 0.6 is 0 Å². The summed E-state index contributed by atoms with van der Waals surface area (Å²) in [6.45, 7) is 1.82. The number of alkyl halides is 3. The number of benzene rings is 3. The Morgan fingerprint density at radius 2 is 1.47 bits per heavy atom. The molecule has 1 heterocycles. The maximum absolute atomic E-state index is 13.7. The minimum atomic E-state index is -4.84. The van der Waals surface area contributed by atoms with Crippen molar-refractivity contribution in [3.05, 3.63) is 112 Å². The molecule has 0 aliphatic rings. The average molecular weight is 430 g/mol. The zero-order valence-corrected chi connectivity index (χ0v) is 17.0. The summed E-state index contributed by atoms with van der Waals surface area (Å²) in [5.41, 5.74) is 0.225. The number of halogens is 3. The van der Waals surface area contributed by atoms with Gasteiger partial charge in [-0.3, -0.25) is 9.36 Å². The van der Waals surface area contributed by atoms with Crippen LogP contribution in [0.4, 0.5) is 13.2 Å². The lowest BCUT2D eigenvalue weighted by Crippen LogP contribution is -2.27. The minimum absolute atomic E-state index is 0.0650. The maximum atomic E-state index is 13.7. The summed E-state index contributed by atoms with van der Waals surface area (Å²) in [5, 5.41) is 9.41. The molecular weight excluding hydrogens is 413 g/mol. The van der Waals surface area contributed by atoms with E-state index in [2.05, 4.69) is 0 Å². The third-order valence-corrected chi connectivity index (χ3v) is 5.15. The Bertz CT molecular complexity index is 1400. The summed E-state index contributed by atoms with van der Waals surface area (Å²) in [6.07, 6.45) is -4.84. The van der Waals surface area contributed by atoms with Gasteiger partial charge in [0.05, 0.1) is 11.3 Å². The van der Waals surface area contributed by atoms with Gasteiger partial charge in [0, 0.05) is 5.69 Å². The summed E-state index contributed by atoms with van der Waals surface area (Å²) in [7, 11) is 0. The molecule has 0 fully saturated rings. The first-order chi connectivity index (χ1) is 15.3. The maximum Gasteiger partial charge on any atom is 0.417 e. The van der Waals surface area contributed by atoms with Crippen LogP contribution in [0.25, 0.3) is 28.1 Å². The second-order valence-corrected chi connectivity index (χ2v) is 7.35. The first-order valence-electron chi connectivity index (χ1n) is 9.80. The molecule has 0 amide bonds. The molecule has 32 heavy (non-hydrogen) atoms. The van der Waals surface area contributed by atoms with Crippen molar-refractivity contribution in [2.75, 3.05) is 0 Å². The normalized spacial score (nSPS) is 11.2. The van der Waals surface area contributed by atoms with E-state index in [1.807, 2.05) is 49.4 Å². The molecule has 158 valence electrons. The first-order valence-corrected chi connectivity index (χ1v) is 9.80. The van der Waals surface area contributed by atoms with Crippen molar-refractivity contribution < 1.29 is 13.2 Å². The highest BCUT2D eigenvalue weighted by Gasteiger charge is 2.36. The van der Waals surface area contributed by atoms with Gasteiger partial charge in [0.1, 0.15) is 11.6 Å². The molecule has 1 aromatic heterocycles. The highest BCUT2D eigenvalue weighted by atomic mass is 19.4. The van der Waals surface area contributed by atoms with Gasteiger partial charge in [0.2, 0.25) is 0 Å². The van der Waals surface area contributed by atoms with E-state index in [4.69, 9.17) is 0 Å². The molecule has 0 bridgehead atoms. The van der Waals surface area contributed by atoms with E-state index < -0.39 is 22.9 Å². The van der Waals surface area contributed by atoms with Crippen LogP contribution in [0.15, 0.2) is 89.7 Å². The number of rotatable bonds is 3. The zero-order valence-electron chi connectivity index (χ0n) is 17.0. The monoisotopic (exact) mass is 430 g/mol. The van der Waals surface area contributed by atoms with Crippen LogP contribution in [0.1, 0.15) is 16.7 Å². The van der Waals surface area contributed by atoms with Crippen molar-refractivity contribution in [3.8, 4) is 34.1 Å². The molecular formula is C26H17F3N2O. The van der Waals surface area contributed by atoms with Crippen molar-refractivity contribution in [3.63, 3.8) is 0 Å². The lowest BCUT2D eigenvalue weighted by atomic mass is 10.0. The van der Waals surface area contributed by atoms with Crippen molar-refractivity contribution >= 4 is 0 Å². The predicted octanol–water partition coefficient (Wildman–Crippen LogP) is 6.37. The van der Waals surface area contributed by atoms with E-state index in [0.29, 0.717) is 11.3 Å².